The molecule has 136 valence electrons. The highest BCUT2D eigenvalue weighted by atomic mass is 16.5. The summed E-state index contributed by atoms with van der Waals surface area (Å²) < 4.78 is 5.20. The third-order valence-electron chi connectivity index (χ3n) is 5.27. The van der Waals surface area contributed by atoms with Gasteiger partial charge in [0.1, 0.15) is 5.75 Å². The number of carbonyl (C=O) groups is 1. The van der Waals surface area contributed by atoms with E-state index in [9.17, 15) is 4.79 Å². The van der Waals surface area contributed by atoms with Crippen molar-refractivity contribution in [2.45, 2.75) is 51.4 Å². The fraction of sp³-hybridized carbons (Fsp3) is 0.375. The van der Waals surface area contributed by atoms with E-state index in [-0.39, 0.29) is 11.7 Å². The standard InChI is InChI=1S/C24H28O2/c1-3-4-5-6-18-7-9-19(10-8-18)21-13-16-23(24(25)17-21)20-11-14-22(26-2)15-12-20/h7-12,14-15,17,23H,3-6,13,16H2,1-2H3. The molecular weight excluding hydrogens is 320 g/mol. The number of benzene rings is 2. The van der Waals surface area contributed by atoms with E-state index in [1.807, 2.05) is 30.3 Å². The molecule has 0 saturated heterocycles. The Morgan fingerprint density at radius 3 is 2.35 bits per heavy atom. The molecule has 3 rings (SSSR count). The minimum absolute atomic E-state index is 0.0297. The summed E-state index contributed by atoms with van der Waals surface area (Å²) in [4.78, 5) is 12.7. The molecule has 2 nitrogen and oxygen atoms in total. The fourth-order valence-electron chi connectivity index (χ4n) is 3.65. The van der Waals surface area contributed by atoms with E-state index in [2.05, 4.69) is 31.2 Å². The van der Waals surface area contributed by atoms with Crippen LogP contribution in [0.2, 0.25) is 0 Å². The van der Waals surface area contributed by atoms with Crippen molar-refractivity contribution in [3.05, 3.63) is 71.3 Å². The van der Waals surface area contributed by atoms with Crippen molar-refractivity contribution >= 4 is 11.4 Å². The van der Waals surface area contributed by atoms with Crippen LogP contribution in [-0.4, -0.2) is 12.9 Å². The normalized spacial score (nSPS) is 17.1. The number of hydrogen-bond donors (Lipinski definition) is 0. The van der Waals surface area contributed by atoms with Gasteiger partial charge >= 0.3 is 0 Å². The summed E-state index contributed by atoms with van der Waals surface area (Å²) in [5.41, 5.74) is 4.82. The summed E-state index contributed by atoms with van der Waals surface area (Å²) in [7, 11) is 1.66. The van der Waals surface area contributed by atoms with E-state index in [0.29, 0.717) is 0 Å². The van der Waals surface area contributed by atoms with Gasteiger partial charge in [0.15, 0.2) is 5.78 Å². The van der Waals surface area contributed by atoms with Crippen LogP contribution in [0.15, 0.2) is 54.6 Å². The Morgan fingerprint density at radius 1 is 1.00 bits per heavy atom. The highest BCUT2D eigenvalue weighted by molar-refractivity contribution is 6.02. The summed E-state index contributed by atoms with van der Waals surface area (Å²) in [6.45, 7) is 2.23. The Hall–Kier alpha value is -2.35. The van der Waals surface area contributed by atoms with E-state index in [0.717, 1.165) is 30.6 Å². The Labute approximate surface area is 156 Å². The third-order valence-corrected chi connectivity index (χ3v) is 5.27. The van der Waals surface area contributed by atoms with E-state index in [1.54, 1.807) is 7.11 Å². The van der Waals surface area contributed by atoms with Crippen LogP contribution in [0, 0.1) is 0 Å². The minimum Gasteiger partial charge on any atom is -0.497 e. The summed E-state index contributed by atoms with van der Waals surface area (Å²) in [5.74, 6) is 1.01. The van der Waals surface area contributed by atoms with Gasteiger partial charge in [-0.1, -0.05) is 56.2 Å². The van der Waals surface area contributed by atoms with Gasteiger partial charge in [-0.05, 0) is 66.2 Å². The second-order valence-electron chi connectivity index (χ2n) is 7.09. The first-order valence-electron chi connectivity index (χ1n) is 9.69. The lowest BCUT2D eigenvalue weighted by molar-refractivity contribution is -0.116. The number of hydrogen-bond acceptors (Lipinski definition) is 2. The maximum Gasteiger partial charge on any atom is 0.163 e. The minimum atomic E-state index is -0.0297. The highest BCUT2D eigenvalue weighted by Crippen LogP contribution is 2.34. The first-order chi connectivity index (χ1) is 12.7. The molecule has 26 heavy (non-hydrogen) atoms. The number of ketones is 1. The quantitative estimate of drug-likeness (QED) is 0.577. The van der Waals surface area contributed by atoms with E-state index < -0.39 is 0 Å². The molecule has 0 radical (unpaired) electrons. The monoisotopic (exact) mass is 348 g/mol. The SMILES string of the molecule is CCCCCc1ccc(C2=CC(=O)C(c3ccc(OC)cc3)CC2)cc1. The molecule has 0 saturated carbocycles. The van der Waals surface area contributed by atoms with Crippen molar-refractivity contribution in [2.24, 2.45) is 0 Å². The Morgan fingerprint density at radius 2 is 1.73 bits per heavy atom. The Kier molecular flexibility index (Phi) is 6.27. The van der Waals surface area contributed by atoms with E-state index >= 15 is 0 Å². The molecule has 2 heteroatoms. The van der Waals surface area contributed by atoms with Crippen molar-refractivity contribution in [3.8, 4) is 5.75 Å². The lowest BCUT2D eigenvalue weighted by Crippen LogP contribution is -2.15. The number of rotatable bonds is 7. The zero-order valence-electron chi connectivity index (χ0n) is 15.8. The predicted molar refractivity (Wildman–Crippen MR) is 108 cm³/mol. The number of carbonyl (C=O) groups excluding carboxylic acids is 1. The zero-order valence-corrected chi connectivity index (χ0v) is 15.8. The maximum atomic E-state index is 12.7. The van der Waals surface area contributed by atoms with Crippen molar-refractivity contribution in [1.29, 1.82) is 0 Å². The average molecular weight is 348 g/mol. The summed E-state index contributed by atoms with van der Waals surface area (Å²) >= 11 is 0. The number of unbranched alkanes of at least 4 members (excludes halogenated alkanes) is 2. The molecule has 1 unspecified atom stereocenters. The van der Waals surface area contributed by atoms with Crippen LogP contribution in [-0.2, 0) is 11.2 Å². The van der Waals surface area contributed by atoms with Crippen LogP contribution < -0.4 is 4.74 Å². The molecule has 0 heterocycles. The molecule has 1 atom stereocenters. The molecule has 0 amide bonds. The molecular formula is C24H28O2. The number of allylic oxidation sites excluding steroid dienone is 2. The van der Waals surface area contributed by atoms with Crippen molar-refractivity contribution in [3.63, 3.8) is 0 Å². The molecule has 0 N–H and O–H groups in total. The van der Waals surface area contributed by atoms with Gasteiger partial charge in [-0.15, -0.1) is 0 Å². The smallest absolute Gasteiger partial charge is 0.163 e. The van der Waals surface area contributed by atoms with Crippen LogP contribution >= 0.6 is 0 Å². The summed E-state index contributed by atoms with van der Waals surface area (Å²) in [5, 5.41) is 0. The van der Waals surface area contributed by atoms with Crippen LogP contribution in [0.3, 0.4) is 0 Å². The van der Waals surface area contributed by atoms with Gasteiger partial charge in [-0.25, -0.2) is 0 Å². The van der Waals surface area contributed by atoms with E-state index in [4.69, 9.17) is 4.74 Å². The van der Waals surface area contributed by atoms with Gasteiger partial charge in [0, 0.05) is 5.92 Å². The topological polar surface area (TPSA) is 26.3 Å². The lowest BCUT2D eigenvalue weighted by Gasteiger charge is -2.21. The van der Waals surface area contributed by atoms with E-state index in [1.165, 1.54) is 36.0 Å². The molecule has 0 aromatic heterocycles. The number of methoxy groups -OCH3 is 1. The van der Waals surface area contributed by atoms with Crippen molar-refractivity contribution in [2.75, 3.05) is 7.11 Å². The molecule has 1 aliphatic carbocycles. The lowest BCUT2D eigenvalue weighted by atomic mass is 9.81. The first kappa shape index (κ1) is 18.4. The van der Waals surface area contributed by atoms with Gasteiger partial charge in [0.2, 0.25) is 0 Å². The fourth-order valence-corrected chi connectivity index (χ4v) is 3.65. The van der Waals surface area contributed by atoms with Gasteiger partial charge in [-0.2, -0.15) is 0 Å². The molecule has 0 spiro atoms. The Bertz CT molecular complexity index is 754. The number of aryl methyl sites for hydroxylation is 1. The maximum absolute atomic E-state index is 12.7. The van der Waals surface area contributed by atoms with Gasteiger partial charge in [-0.3, -0.25) is 4.79 Å². The largest absolute Gasteiger partial charge is 0.497 e. The summed E-state index contributed by atoms with van der Waals surface area (Å²) in [6, 6.07) is 16.6. The second-order valence-corrected chi connectivity index (χ2v) is 7.09. The van der Waals surface area contributed by atoms with Gasteiger partial charge in [0.25, 0.3) is 0 Å². The average Bonchev–Trinajstić information content (AvgIpc) is 2.69. The molecule has 1 aliphatic rings. The van der Waals surface area contributed by atoms with Crippen molar-refractivity contribution in [1.82, 2.24) is 0 Å². The molecule has 2 aromatic rings. The molecule has 2 aromatic carbocycles. The third kappa shape index (κ3) is 4.43. The van der Waals surface area contributed by atoms with Crippen LogP contribution in [0.1, 0.15) is 61.6 Å². The molecule has 0 bridgehead atoms. The number of ether oxygens (including phenoxy) is 1. The van der Waals surface area contributed by atoms with Crippen molar-refractivity contribution < 1.29 is 9.53 Å². The Balaban J connectivity index is 1.68. The first-order valence-corrected chi connectivity index (χ1v) is 9.69. The molecule has 0 aliphatic heterocycles. The second kappa shape index (κ2) is 8.84. The van der Waals surface area contributed by atoms with Crippen LogP contribution in [0.5, 0.6) is 5.75 Å². The van der Waals surface area contributed by atoms with Gasteiger partial charge < -0.3 is 4.74 Å². The summed E-state index contributed by atoms with van der Waals surface area (Å²) in [6.07, 6.45) is 8.60. The zero-order chi connectivity index (χ0) is 18.4. The van der Waals surface area contributed by atoms with Crippen LogP contribution in [0.4, 0.5) is 0 Å². The van der Waals surface area contributed by atoms with Gasteiger partial charge in [0.05, 0.1) is 7.11 Å². The predicted octanol–water partition coefficient (Wildman–Crippen LogP) is 5.96. The molecule has 0 fully saturated rings. The highest BCUT2D eigenvalue weighted by Gasteiger charge is 2.24. The van der Waals surface area contributed by atoms with Crippen LogP contribution in [0.25, 0.3) is 5.57 Å².